The van der Waals surface area contributed by atoms with E-state index in [0.29, 0.717) is 28.4 Å². The van der Waals surface area contributed by atoms with Crippen molar-refractivity contribution in [2.75, 3.05) is 13.2 Å². The summed E-state index contributed by atoms with van der Waals surface area (Å²) in [7, 11) is 0. The topological polar surface area (TPSA) is 120 Å². The smallest absolute Gasteiger partial charge is 0.174 e. The zero-order valence-electron chi connectivity index (χ0n) is 11.9. The van der Waals surface area contributed by atoms with Gasteiger partial charge < -0.3 is 14.5 Å². The highest BCUT2D eigenvalue weighted by Gasteiger charge is 2.13. The molecular formula is C15H10N6O2. The molecule has 3 aromatic rings. The molecule has 23 heavy (non-hydrogen) atoms. The molecule has 8 nitrogen and oxygen atoms in total. The van der Waals surface area contributed by atoms with Crippen molar-refractivity contribution in [1.82, 2.24) is 20.2 Å². The number of benzene rings is 1. The van der Waals surface area contributed by atoms with Crippen molar-refractivity contribution in [3.8, 4) is 35.0 Å². The molecule has 0 spiro atoms. The molecule has 0 saturated carbocycles. The summed E-state index contributed by atoms with van der Waals surface area (Å²) in [5, 5.41) is 24.9. The number of rotatable bonds is 5. The molecule has 1 N–H and O–H groups in total. The molecule has 0 fully saturated rings. The second-order valence-corrected chi connectivity index (χ2v) is 4.43. The summed E-state index contributed by atoms with van der Waals surface area (Å²) >= 11 is 0. The highest BCUT2D eigenvalue weighted by atomic mass is 16.5. The van der Waals surface area contributed by atoms with Crippen LogP contribution in [-0.4, -0.2) is 33.4 Å². The number of hydrogen-bond acceptors (Lipinski definition) is 7. The monoisotopic (exact) mass is 306 g/mol. The third-order valence-corrected chi connectivity index (χ3v) is 3.00. The number of hydrogen-bond donors (Lipinski definition) is 1. The third kappa shape index (κ3) is 3.01. The maximum absolute atomic E-state index is 8.72. The second-order valence-electron chi connectivity index (χ2n) is 4.43. The predicted molar refractivity (Wildman–Crippen MR) is 79.3 cm³/mol. The van der Waals surface area contributed by atoms with E-state index < -0.39 is 0 Å². The molecule has 2 aromatic heterocycles. The van der Waals surface area contributed by atoms with E-state index in [1.54, 1.807) is 30.6 Å². The lowest BCUT2D eigenvalue weighted by Gasteiger charge is -2.10. The van der Waals surface area contributed by atoms with Crippen molar-refractivity contribution in [2.24, 2.45) is 0 Å². The standard InChI is InChI=1S/C15H10N6O2/c16-3-5-22-10-1-2-11(14(7-10)23-6-4-17)15-20-12-8-18-19-9-13(12)21-15/h1-2,7-9H,5-6H2,(H,20,21). The van der Waals surface area contributed by atoms with Crippen molar-refractivity contribution < 1.29 is 9.47 Å². The van der Waals surface area contributed by atoms with Crippen LogP contribution in [0.1, 0.15) is 0 Å². The number of ether oxygens (including phenoxy) is 2. The average molecular weight is 306 g/mol. The van der Waals surface area contributed by atoms with Crippen molar-refractivity contribution in [1.29, 1.82) is 10.5 Å². The number of imidazole rings is 1. The molecule has 1 aromatic carbocycles. The van der Waals surface area contributed by atoms with Gasteiger partial charge in [0.05, 0.1) is 23.5 Å². The van der Waals surface area contributed by atoms with Gasteiger partial charge in [0.2, 0.25) is 0 Å². The van der Waals surface area contributed by atoms with Gasteiger partial charge in [-0.3, -0.25) is 0 Å². The maximum atomic E-state index is 8.72. The van der Waals surface area contributed by atoms with E-state index in [9.17, 15) is 0 Å². The number of aromatic amines is 1. The van der Waals surface area contributed by atoms with Crippen molar-refractivity contribution in [3.05, 3.63) is 30.6 Å². The van der Waals surface area contributed by atoms with Gasteiger partial charge in [-0.25, -0.2) is 4.98 Å². The molecule has 2 heterocycles. The second kappa shape index (κ2) is 6.41. The number of nitrogens with one attached hydrogen (secondary N) is 1. The van der Waals surface area contributed by atoms with Crippen LogP contribution in [0.5, 0.6) is 11.5 Å². The van der Waals surface area contributed by atoms with Gasteiger partial charge in [0.25, 0.3) is 0 Å². The van der Waals surface area contributed by atoms with Gasteiger partial charge in [-0.05, 0) is 12.1 Å². The number of nitrogens with zero attached hydrogens (tertiary/aromatic N) is 5. The molecule has 0 atom stereocenters. The van der Waals surface area contributed by atoms with E-state index in [-0.39, 0.29) is 13.2 Å². The molecule has 0 amide bonds. The Kier molecular flexibility index (Phi) is 3.99. The van der Waals surface area contributed by atoms with E-state index >= 15 is 0 Å². The third-order valence-electron chi connectivity index (χ3n) is 3.00. The van der Waals surface area contributed by atoms with Crippen LogP contribution in [0, 0.1) is 22.7 Å². The molecule has 0 aliphatic carbocycles. The Bertz CT molecular complexity index is 889. The van der Waals surface area contributed by atoms with Crippen molar-refractivity contribution in [3.63, 3.8) is 0 Å². The lowest BCUT2D eigenvalue weighted by molar-refractivity contribution is 0.350. The molecule has 8 heteroatoms. The molecule has 112 valence electrons. The van der Waals surface area contributed by atoms with Crippen LogP contribution in [0.4, 0.5) is 0 Å². The lowest BCUT2D eigenvalue weighted by atomic mass is 10.2. The van der Waals surface area contributed by atoms with Crippen LogP contribution in [-0.2, 0) is 0 Å². The Morgan fingerprint density at radius 1 is 1.04 bits per heavy atom. The van der Waals surface area contributed by atoms with Crippen LogP contribution in [0.15, 0.2) is 30.6 Å². The number of aromatic nitrogens is 4. The van der Waals surface area contributed by atoms with Gasteiger partial charge in [0.1, 0.15) is 35.0 Å². The van der Waals surface area contributed by atoms with Gasteiger partial charge in [-0.2, -0.15) is 20.7 Å². The van der Waals surface area contributed by atoms with Crippen LogP contribution in [0.3, 0.4) is 0 Å². The van der Waals surface area contributed by atoms with Crippen molar-refractivity contribution >= 4 is 11.0 Å². The molecule has 0 aliphatic heterocycles. The summed E-state index contributed by atoms with van der Waals surface area (Å²) in [4.78, 5) is 7.55. The van der Waals surface area contributed by atoms with Crippen molar-refractivity contribution in [2.45, 2.75) is 0 Å². The maximum Gasteiger partial charge on any atom is 0.174 e. The van der Waals surface area contributed by atoms with Gasteiger partial charge >= 0.3 is 0 Å². The van der Waals surface area contributed by atoms with Crippen LogP contribution in [0.25, 0.3) is 22.4 Å². The Balaban J connectivity index is 2.02. The SMILES string of the molecule is N#CCOc1ccc(-c2nc3cnncc3[nH]2)c(OCC#N)c1. The summed E-state index contributed by atoms with van der Waals surface area (Å²) in [6.45, 7) is -0.183. The molecule has 3 rings (SSSR count). The van der Waals surface area contributed by atoms with Gasteiger partial charge in [0.15, 0.2) is 13.2 Å². The fourth-order valence-electron chi connectivity index (χ4n) is 2.04. The first-order valence-corrected chi connectivity index (χ1v) is 6.62. The molecule has 0 aliphatic rings. The van der Waals surface area contributed by atoms with Crippen LogP contribution in [0.2, 0.25) is 0 Å². The highest BCUT2D eigenvalue weighted by Crippen LogP contribution is 2.32. The fraction of sp³-hybridized carbons (Fsp3) is 0.133. The summed E-state index contributed by atoms with van der Waals surface area (Å²) in [6.07, 6.45) is 3.13. The lowest BCUT2D eigenvalue weighted by Crippen LogP contribution is -1.99. The minimum atomic E-state index is -0.113. The zero-order valence-corrected chi connectivity index (χ0v) is 11.9. The normalized spacial score (nSPS) is 10.0. The Morgan fingerprint density at radius 2 is 1.83 bits per heavy atom. The van der Waals surface area contributed by atoms with E-state index in [1.807, 2.05) is 12.1 Å². The van der Waals surface area contributed by atoms with Gasteiger partial charge in [-0.15, -0.1) is 0 Å². The van der Waals surface area contributed by atoms with Gasteiger partial charge in [-0.1, -0.05) is 0 Å². The number of H-pyrrole nitrogens is 1. The van der Waals surface area contributed by atoms with Crippen LogP contribution >= 0.6 is 0 Å². The summed E-state index contributed by atoms with van der Waals surface area (Å²) in [5.41, 5.74) is 2.08. The first kappa shape index (κ1) is 14.3. The number of nitriles is 2. The average Bonchev–Trinajstić information content (AvgIpc) is 3.02. The Morgan fingerprint density at radius 3 is 2.61 bits per heavy atom. The van der Waals surface area contributed by atoms with E-state index in [4.69, 9.17) is 20.0 Å². The Hall–Kier alpha value is -3.65. The largest absolute Gasteiger partial charge is 0.479 e. The summed E-state index contributed by atoms with van der Waals surface area (Å²) < 4.78 is 10.7. The molecular weight excluding hydrogens is 296 g/mol. The minimum Gasteiger partial charge on any atom is -0.479 e. The van der Waals surface area contributed by atoms with Crippen LogP contribution < -0.4 is 9.47 Å². The predicted octanol–water partition coefficient (Wildman–Crippen LogP) is 1.82. The minimum absolute atomic E-state index is 0.0704. The molecule has 0 radical (unpaired) electrons. The summed E-state index contributed by atoms with van der Waals surface area (Å²) in [5.74, 6) is 1.47. The van der Waals surface area contributed by atoms with E-state index in [0.717, 1.165) is 5.52 Å². The van der Waals surface area contributed by atoms with E-state index in [1.165, 1.54) is 0 Å². The highest BCUT2D eigenvalue weighted by molar-refractivity contribution is 5.79. The van der Waals surface area contributed by atoms with E-state index in [2.05, 4.69) is 20.2 Å². The Labute approximate surface area is 130 Å². The quantitative estimate of drug-likeness (QED) is 0.763. The van der Waals surface area contributed by atoms with Gasteiger partial charge in [0, 0.05) is 6.07 Å². The zero-order chi connectivity index (χ0) is 16.1. The molecule has 0 saturated heterocycles. The number of fused-ring (bicyclic) bond motifs is 1. The fourth-order valence-corrected chi connectivity index (χ4v) is 2.04. The molecule has 0 bridgehead atoms. The molecule has 0 unspecified atom stereocenters. The summed E-state index contributed by atoms with van der Waals surface area (Å²) in [6, 6.07) is 8.88. The first-order valence-electron chi connectivity index (χ1n) is 6.62. The first-order chi connectivity index (χ1) is 11.3.